The number of methoxy groups -OCH3 is 2. The number of rotatable bonds is 7. The number of fused-ring (bicyclic) bond motifs is 1. The fraction of sp³-hybridized carbons (Fsp3) is 0.217. The number of anilines is 1. The van der Waals surface area contributed by atoms with Gasteiger partial charge in [0.1, 0.15) is 22.6 Å². The molecule has 10 heteroatoms. The number of ether oxygens (including phenoxy) is 2. The number of carbonyl (C=O) groups excluding carboxylic acids is 1. The highest BCUT2D eigenvalue weighted by Crippen LogP contribution is 2.39. The monoisotopic (exact) mass is 465 g/mol. The molecule has 0 radical (unpaired) electrons. The van der Waals surface area contributed by atoms with E-state index >= 15 is 0 Å². The second-order valence-electron chi connectivity index (χ2n) is 7.31. The van der Waals surface area contributed by atoms with Crippen molar-refractivity contribution in [3.8, 4) is 17.6 Å². The number of carboxylic acid groups (broad SMARTS) is 1. The second kappa shape index (κ2) is 8.80. The Kier molecular flexibility index (Phi) is 5.89. The van der Waals surface area contributed by atoms with Gasteiger partial charge in [0.2, 0.25) is 5.60 Å². The lowest BCUT2D eigenvalue weighted by Gasteiger charge is -2.23. The van der Waals surface area contributed by atoms with Crippen molar-refractivity contribution < 1.29 is 29.0 Å². The van der Waals surface area contributed by atoms with Gasteiger partial charge in [0, 0.05) is 28.1 Å². The van der Waals surface area contributed by atoms with Crippen molar-refractivity contribution in [3.63, 3.8) is 0 Å². The van der Waals surface area contributed by atoms with Gasteiger partial charge in [-0.25, -0.2) is 0 Å². The minimum absolute atomic E-state index is 0.0966. The highest BCUT2D eigenvalue weighted by molar-refractivity contribution is 7.23. The summed E-state index contributed by atoms with van der Waals surface area (Å²) < 4.78 is 11.4. The van der Waals surface area contributed by atoms with Gasteiger partial charge in [0.15, 0.2) is 0 Å². The highest BCUT2D eigenvalue weighted by atomic mass is 32.1. The molecule has 33 heavy (non-hydrogen) atoms. The lowest BCUT2D eigenvalue weighted by atomic mass is 9.89. The van der Waals surface area contributed by atoms with Crippen molar-refractivity contribution in [2.75, 3.05) is 19.5 Å². The van der Waals surface area contributed by atoms with E-state index in [1.165, 1.54) is 25.6 Å². The molecule has 0 saturated heterocycles. The zero-order valence-corrected chi connectivity index (χ0v) is 18.6. The first-order valence-corrected chi connectivity index (χ1v) is 10.6. The molecule has 2 N–H and O–H groups in total. The van der Waals surface area contributed by atoms with Crippen LogP contribution in [-0.4, -0.2) is 42.5 Å². The number of benzene rings is 2. The number of amides is 1. The highest BCUT2D eigenvalue weighted by Gasteiger charge is 2.49. The quantitative estimate of drug-likeness (QED) is 0.543. The lowest BCUT2D eigenvalue weighted by Crippen LogP contribution is -2.45. The third-order valence-electron chi connectivity index (χ3n) is 5.29. The van der Waals surface area contributed by atoms with Gasteiger partial charge in [0.05, 0.1) is 31.9 Å². The summed E-state index contributed by atoms with van der Waals surface area (Å²) in [6.45, 7) is 0. The van der Waals surface area contributed by atoms with Gasteiger partial charge < -0.3 is 24.7 Å². The number of aliphatic carboxylic acids is 1. The molecule has 2 heterocycles. The van der Waals surface area contributed by atoms with Crippen LogP contribution in [0.1, 0.15) is 24.0 Å². The van der Waals surface area contributed by atoms with Crippen molar-refractivity contribution in [1.29, 1.82) is 5.26 Å². The van der Waals surface area contributed by atoms with Crippen LogP contribution in [0.5, 0.6) is 11.5 Å². The average molecular weight is 465 g/mol. The van der Waals surface area contributed by atoms with E-state index < -0.39 is 23.9 Å². The zero-order chi connectivity index (χ0) is 23.6. The molecular formula is C23H19N3O6S. The molecule has 1 amide bonds. The Balaban J connectivity index is 1.65. The van der Waals surface area contributed by atoms with E-state index in [0.29, 0.717) is 38.7 Å². The number of hydrogen-bond donors (Lipinski definition) is 2. The molecule has 0 spiro atoms. The van der Waals surface area contributed by atoms with E-state index in [1.807, 2.05) is 12.1 Å². The Hall–Kier alpha value is -4.10. The lowest BCUT2D eigenvalue weighted by molar-refractivity contribution is -0.152. The van der Waals surface area contributed by atoms with Crippen LogP contribution in [0.2, 0.25) is 0 Å². The van der Waals surface area contributed by atoms with E-state index in [1.54, 1.807) is 30.3 Å². The second-order valence-corrected chi connectivity index (χ2v) is 8.36. The van der Waals surface area contributed by atoms with Crippen LogP contribution < -0.4 is 14.8 Å². The number of hydrogen-bond acceptors (Lipinski definition) is 8. The van der Waals surface area contributed by atoms with Crippen LogP contribution in [-0.2, 0) is 14.4 Å². The van der Waals surface area contributed by atoms with Gasteiger partial charge in [-0.05, 0) is 18.2 Å². The molecule has 0 aliphatic carbocycles. The normalized spacial score (nSPS) is 17.1. The molecule has 0 saturated carbocycles. The van der Waals surface area contributed by atoms with Gasteiger partial charge >= 0.3 is 5.97 Å². The van der Waals surface area contributed by atoms with Gasteiger partial charge in [-0.15, -0.1) is 11.3 Å². The van der Waals surface area contributed by atoms with Crippen LogP contribution in [0.25, 0.3) is 10.1 Å². The first-order chi connectivity index (χ1) is 15.9. The standard InChI is InChI=1S/C23H19N3O6S/c1-30-13-7-8-15(18(9-13)31-2)17-10-23(32-26-17,11-20(27)28)22(29)25-21-16(12-24)14-5-3-4-6-19(14)33-21/h3-9H,10-11H2,1-2H3,(H,25,29)(H,27,28). The summed E-state index contributed by atoms with van der Waals surface area (Å²) in [5, 5.41) is 26.9. The summed E-state index contributed by atoms with van der Waals surface area (Å²) in [5.74, 6) is -0.905. The number of carbonyl (C=O) groups is 2. The molecule has 168 valence electrons. The predicted molar refractivity (Wildman–Crippen MR) is 122 cm³/mol. The summed E-state index contributed by atoms with van der Waals surface area (Å²) in [5.41, 5.74) is -0.555. The first kappa shape index (κ1) is 22.1. The predicted octanol–water partition coefficient (Wildman–Crippen LogP) is 3.77. The van der Waals surface area contributed by atoms with Crippen molar-refractivity contribution in [1.82, 2.24) is 0 Å². The van der Waals surface area contributed by atoms with E-state index in [2.05, 4.69) is 16.5 Å². The molecular weight excluding hydrogens is 446 g/mol. The molecule has 1 unspecified atom stereocenters. The molecule has 0 bridgehead atoms. The Morgan fingerprint density at radius 3 is 2.76 bits per heavy atom. The minimum Gasteiger partial charge on any atom is -0.497 e. The molecule has 4 rings (SSSR count). The maximum atomic E-state index is 13.3. The Labute approximate surface area is 192 Å². The number of nitrogens with zero attached hydrogens (tertiary/aromatic N) is 2. The molecule has 3 aromatic rings. The Morgan fingerprint density at radius 1 is 1.27 bits per heavy atom. The van der Waals surface area contributed by atoms with Crippen LogP contribution >= 0.6 is 11.3 Å². The van der Waals surface area contributed by atoms with Crippen LogP contribution in [0.15, 0.2) is 47.6 Å². The summed E-state index contributed by atoms with van der Waals surface area (Å²) in [6.07, 6.45) is -0.711. The molecule has 2 aromatic carbocycles. The van der Waals surface area contributed by atoms with Crippen LogP contribution in [0.3, 0.4) is 0 Å². The Bertz CT molecular complexity index is 1330. The fourth-order valence-corrected chi connectivity index (χ4v) is 4.71. The number of nitriles is 1. The number of oxime groups is 1. The summed E-state index contributed by atoms with van der Waals surface area (Å²) in [4.78, 5) is 30.4. The van der Waals surface area contributed by atoms with Gasteiger partial charge in [-0.2, -0.15) is 5.26 Å². The van der Waals surface area contributed by atoms with Crippen LogP contribution in [0, 0.1) is 11.3 Å². The molecule has 1 aromatic heterocycles. The Morgan fingerprint density at radius 2 is 2.06 bits per heavy atom. The maximum absolute atomic E-state index is 13.3. The van der Waals surface area contributed by atoms with Crippen molar-refractivity contribution in [2.45, 2.75) is 18.4 Å². The van der Waals surface area contributed by atoms with E-state index in [-0.39, 0.29) is 6.42 Å². The molecule has 0 fully saturated rings. The molecule has 1 atom stereocenters. The average Bonchev–Trinajstić information content (AvgIpc) is 3.39. The van der Waals surface area contributed by atoms with Crippen LogP contribution in [0.4, 0.5) is 5.00 Å². The van der Waals surface area contributed by atoms with Gasteiger partial charge in [-0.1, -0.05) is 23.4 Å². The van der Waals surface area contributed by atoms with E-state index in [4.69, 9.17) is 14.3 Å². The topological polar surface area (TPSA) is 130 Å². The number of nitrogens with one attached hydrogen (secondary N) is 1. The molecule has 1 aliphatic heterocycles. The summed E-state index contributed by atoms with van der Waals surface area (Å²) in [7, 11) is 3.01. The van der Waals surface area contributed by atoms with E-state index in [9.17, 15) is 20.0 Å². The summed E-state index contributed by atoms with van der Waals surface area (Å²) in [6, 6.07) is 14.4. The fourth-order valence-electron chi connectivity index (χ4n) is 3.66. The van der Waals surface area contributed by atoms with E-state index in [0.717, 1.165) is 4.70 Å². The van der Waals surface area contributed by atoms with Crippen molar-refractivity contribution in [3.05, 3.63) is 53.6 Å². The molecule has 9 nitrogen and oxygen atoms in total. The summed E-state index contributed by atoms with van der Waals surface area (Å²) >= 11 is 1.23. The van der Waals surface area contributed by atoms with Crippen molar-refractivity contribution >= 4 is 44.0 Å². The third kappa shape index (κ3) is 4.06. The maximum Gasteiger partial charge on any atom is 0.308 e. The largest absolute Gasteiger partial charge is 0.497 e. The first-order valence-electron chi connectivity index (χ1n) is 9.83. The smallest absolute Gasteiger partial charge is 0.308 e. The minimum atomic E-state index is -1.78. The number of carboxylic acids is 1. The van der Waals surface area contributed by atoms with Gasteiger partial charge in [0.25, 0.3) is 5.91 Å². The number of thiophene rings is 1. The van der Waals surface area contributed by atoms with Gasteiger partial charge in [-0.3, -0.25) is 9.59 Å². The third-order valence-corrected chi connectivity index (χ3v) is 6.37. The van der Waals surface area contributed by atoms with Crippen molar-refractivity contribution in [2.24, 2.45) is 5.16 Å². The zero-order valence-electron chi connectivity index (χ0n) is 17.7. The SMILES string of the molecule is COc1ccc(C2=NOC(CC(=O)O)(C(=O)Nc3sc4ccccc4c3C#N)C2)c(OC)c1. The molecule has 1 aliphatic rings.